The first-order valence-corrected chi connectivity index (χ1v) is 9.59. The molecule has 0 saturated carbocycles. The summed E-state index contributed by atoms with van der Waals surface area (Å²) in [6, 6.07) is 8.39. The van der Waals surface area contributed by atoms with E-state index in [2.05, 4.69) is 14.6 Å². The van der Waals surface area contributed by atoms with Gasteiger partial charge in [-0.25, -0.2) is 4.79 Å². The van der Waals surface area contributed by atoms with Crippen molar-refractivity contribution in [2.24, 2.45) is 0 Å². The van der Waals surface area contributed by atoms with Crippen LogP contribution in [0.4, 0.5) is 5.69 Å². The quantitative estimate of drug-likeness (QED) is 0.402. The molecule has 30 heavy (non-hydrogen) atoms. The number of nitriles is 1. The predicted molar refractivity (Wildman–Crippen MR) is 116 cm³/mol. The number of aryl methyl sites for hydroxylation is 1. The number of benzene rings is 1. The van der Waals surface area contributed by atoms with E-state index >= 15 is 0 Å². The summed E-state index contributed by atoms with van der Waals surface area (Å²) in [6.45, 7) is 6.48. The molecule has 0 spiro atoms. The number of rotatable bonds is 7. The molecule has 7 nitrogen and oxygen atoms in total. The number of carbonyl (C=O) groups is 2. The van der Waals surface area contributed by atoms with Crippen molar-refractivity contribution < 1.29 is 19.1 Å². The number of ether oxygens (including phenoxy) is 2. The van der Waals surface area contributed by atoms with E-state index in [4.69, 9.17) is 16.3 Å². The van der Waals surface area contributed by atoms with Crippen molar-refractivity contribution in [1.29, 1.82) is 5.26 Å². The number of anilines is 1. The SMILES string of the molecule is COCC(C)n1c(C)cc(/C=C(/C#N)C(=O)Nc2ccc(Cl)c(C(=O)OC)c2)c1C. The van der Waals surface area contributed by atoms with E-state index in [9.17, 15) is 14.9 Å². The number of methoxy groups -OCH3 is 2. The fourth-order valence-electron chi connectivity index (χ4n) is 3.31. The summed E-state index contributed by atoms with van der Waals surface area (Å²) in [5.74, 6) is -1.21. The minimum absolute atomic E-state index is 0.0655. The highest BCUT2D eigenvalue weighted by atomic mass is 35.5. The lowest BCUT2D eigenvalue weighted by atomic mass is 10.1. The van der Waals surface area contributed by atoms with Crippen LogP contribution < -0.4 is 5.32 Å². The Morgan fingerprint density at radius 2 is 2.00 bits per heavy atom. The van der Waals surface area contributed by atoms with Crippen LogP contribution in [0.1, 0.15) is 40.3 Å². The summed E-state index contributed by atoms with van der Waals surface area (Å²) in [4.78, 5) is 24.4. The number of hydrogen-bond donors (Lipinski definition) is 1. The molecule has 1 aromatic heterocycles. The Morgan fingerprint density at radius 1 is 1.30 bits per heavy atom. The molecule has 0 fully saturated rings. The summed E-state index contributed by atoms with van der Waals surface area (Å²) < 4.78 is 12.0. The first-order chi connectivity index (χ1) is 14.2. The largest absolute Gasteiger partial charge is 0.465 e. The Balaban J connectivity index is 2.32. The van der Waals surface area contributed by atoms with E-state index in [0.29, 0.717) is 12.3 Å². The van der Waals surface area contributed by atoms with Gasteiger partial charge in [0, 0.05) is 24.2 Å². The molecule has 1 N–H and O–H groups in total. The second-order valence-corrected chi connectivity index (χ2v) is 7.22. The highest BCUT2D eigenvalue weighted by Crippen LogP contribution is 2.24. The molecule has 1 aromatic carbocycles. The number of carbonyl (C=O) groups excluding carboxylic acids is 2. The molecule has 1 atom stereocenters. The van der Waals surface area contributed by atoms with Gasteiger partial charge < -0.3 is 19.4 Å². The van der Waals surface area contributed by atoms with Crippen LogP contribution in [0.2, 0.25) is 5.02 Å². The molecule has 0 radical (unpaired) electrons. The summed E-state index contributed by atoms with van der Waals surface area (Å²) >= 11 is 6.00. The Kier molecular flexibility index (Phi) is 7.81. The predicted octanol–water partition coefficient (Wildman–Crippen LogP) is 4.30. The standard InChI is InChI=1S/C22H24ClN3O4/c1-13-8-16(15(3)26(13)14(2)12-29-4)9-17(11-24)21(27)25-18-6-7-20(23)19(10-18)22(28)30-5/h6-10,14H,12H2,1-5H3,(H,25,27)/b17-9-. The molecule has 1 amide bonds. The molecule has 1 heterocycles. The lowest BCUT2D eigenvalue weighted by Crippen LogP contribution is -2.15. The van der Waals surface area contributed by atoms with Crippen LogP contribution >= 0.6 is 11.6 Å². The molecule has 0 aliphatic rings. The van der Waals surface area contributed by atoms with E-state index < -0.39 is 11.9 Å². The molecule has 2 aromatic rings. The van der Waals surface area contributed by atoms with Crippen LogP contribution in [0.25, 0.3) is 6.08 Å². The second kappa shape index (κ2) is 10.1. The summed E-state index contributed by atoms with van der Waals surface area (Å²) in [6.07, 6.45) is 1.55. The van der Waals surface area contributed by atoms with Crippen molar-refractivity contribution in [2.75, 3.05) is 26.1 Å². The minimum Gasteiger partial charge on any atom is -0.465 e. The lowest BCUT2D eigenvalue weighted by Gasteiger charge is -2.17. The summed E-state index contributed by atoms with van der Waals surface area (Å²) in [5.41, 5.74) is 3.08. The Labute approximate surface area is 180 Å². The van der Waals surface area contributed by atoms with Crippen LogP contribution in [0.5, 0.6) is 0 Å². The van der Waals surface area contributed by atoms with Gasteiger partial charge in [0.15, 0.2) is 0 Å². The zero-order valence-electron chi connectivity index (χ0n) is 17.6. The third-order valence-electron chi connectivity index (χ3n) is 4.67. The zero-order valence-corrected chi connectivity index (χ0v) is 18.3. The van der Waals surface area contributed by atoms with Crippen LogP contribution in [0.15, 0.2) is 29.8 Å². The smallest absolute Gasteiger partial charge is 0.339 e. The third kappa shape index (κ3) is 5.09. The molecule has 0 aliphatic heterocycles. The van der Waals surface area contributed by atoms with Gasteiger partial charge in [-0.3, -0.25) is 4.79 Å². The zero-order chi connectivity index (χ0) is 22.4. The van der Waals surface area contributed by atoms with Gasteiger partial charge in [0.05, 0.1) is 30.3 Å². The Morgan fingerprint density at radius 3 is 2.60 bits per heavy atom. The fraction of sp³-hybridized carbons (Fsp3) is 0.318. The number of halogens is 1. The molecule has 1 unspecified atom stereocenters. The molecule has 2 rings (SSSR count). The Bertz CT molecular complexity index is 1030. The van der Waals surface area contributed by atoms with Gasteiger partial charge in [0.25, 0.3) is 5.91 Å². The van der Waals surface area contributed by atoms with Gasteiger partial charge in [-0.2, -0.15) is 5.26 Å². The molecule has 0 aliphatic carbocycles. The molecule has 0 bridgehead atoms. The van der Waals surface area contributed by atoms with Gasteiger partial charge in [-0.1, -0.05) is 11.6 Å². The average molecular weight is 430 g/mol. The number of nitrogens with one attached hydrogen (secondary N) is 1. The first-order valence-electron chi connectivity index (χ1n) is 9.21. The summed E-state index contributed by atoms with van der Waals surface area (Å²) in [7, 11) is 2.89. The average Bonchev–Trinajstić information content (AvgIpc) is 2.99. The van der Waals surface area contributed by atoms with E-state index in [1.54, 1.807) is 19.3 Å². The number of hydrogen-bond acceptors (Lipinski definition) is 5. The van der Waals surface area contributed by atoms with Crippen molar-refractivity contribution in [1.82, 2.24) is 4.57 Å². The Hall–Kier alpha value is -3.08. The second-order valence-electron chi connectivity index (χ2n) is 6.81. The lowest BCUT2D eigenvalue weighted by molar-refractivity contribution is -0.112. The maximum absolute atomic E-state index is 12.6. The number of amides is 1. The van der Waals surface area contributed by atoms with Crippen molar-refractivity contribution >= 4 is 35.2 Å². The topological polar surface area (TPSA) is 93.4 Å². The van der Waals surface area contributed by atoms with Crippen molar-refractivity contribution in [3.05, 3.63) is 57.4 Å². The number of nitrogens with zero attached hydrogens (tertiary/aromatic N) is 2. The molecular formula is C22H24ClN3O4. The van der Waals surface area contributed by atoms with Crippen molar-refractivity contribution in [3.63, 3.8) is 0 Å². The highest BCUT2D eigenvalue weighted by Gasteiger charge is 2.17. The maximum Gasteiger partial charge on any atom is 0.339 e. The first kappa shape index (κ1) is 23.2. The van der Waals surface area contributed by atoms with E-state index in [1.807, 2.05) is 32.9 Å². The third-order valence-corrected chi connectivity index (χ3v) is 5.00. The van der Waals surface area contributed by atoms with E-state index in [-0.39, 0.29) is 22.2 Å². The normalized spacial score (nSPS) is 12.2. The molecular weight excluding hydrogens is 406 g/mol. The monoisotopic (exact) mass is 429 g/mol. The molecule has 8 heteroatoms. The van der Waals surface area contributed by atoms with Crippen molar-refractivity contribution in [2.45, 2.75) is 26.8 Å². The van der Waals surface area contributed by atoms with E-state index in [1.165, 1.54) is 19.2 Å². The van der Waals surface area contributed by atoms with Gasteiger partial charge in [0.2, 0.25) is 0 Å². The van der Waals surface area contributed by atoms with E-state index in [0.717, 1.165) is 17.0 Å². The van der Waals surface area contributed by atoms with Crippen LogP contribution in [-0.4, -0.2) is 37.3 Å². The minimum atomic E-state index is -0.621. The van der Waals surface area contributed by atoms with Crippen LogP contribution in [0, 0.1) is 25.2 Å². The maximum atomic E-state index is 12.6. The molecule has 0 saturated heterocycles. The van der Waals surface area contributed by atoms with Gasteiger partial charge in [-0.15, -0.1) is 0 Å². The number of aromatic nitrogens is 1. The van der Waals surface area contributed by atoms with Gasteiger partial charge >= 0.3 is 5.97 Å². The fourth-order valence-corrected chi connectivity index (χ4v) is 3.51. The molecule has 158 valence electrons. The van der Waals surface area contributed by atoms with Gasteiger partial charge in [0.1, 0.15) is 11.6 Å². The van der Waals surface area contributed by atoms with Crippen molar-refractivity contribution in [3.8, 4) is 6.07 Å². The number of esters is 1. The van der Waals surface area contributed by atoms with Crippen LogP contribution in [0.3, 0.4) is 0 Å². The van der Waals surface area contributed by atoms with Crippen LogP contribution in [-0.2, 0) is 14.3 Å². The van der Waals surface area contributed by atoms with Gasteiger partial charge in [-0.05, 0) is 56.7 Å². The summed E-state index contributed by atoms with van der Waals surface area (Å²) in [5, 5.41) is 12.3. The highest BCUT2D eigenvalue weighted by molar-refractivity contribution is 6.33.